The van der Waals surface area contributed by atoms with Gasteiger partial charge in [-0.05, 0) is 31.7 Å². The van der Waals surface area contributed by atoms with Gasteiger partial charge in [-0.3, -0.25) is 0 Å². The SMILES string of the molecule is CCOC(=O)c1ccnn2c(NCC3CC3)cnc12. The summed E-state index contributed by atoms with van der Waals surface area (Å²) in [4.78, 5) is 16.1. The molecular formula is C13H16N4O2. The van der Waals surface area contributed by atoms with Crippen LogP contribution in [0.1, 0.15) is 30.1 Å². The van der Waals surface area contributed by atoms with Crippen LogP contribution in [0.15, 0.2) is 18.5 Å². The van der Waals surface area contributed by atoms with E-state index in [2.05, 4.69) is 15.4 Å². The Hall–Kier alpha value is -2.11. The zero-order valence-electron chi connectivity index (χ0n) is 10.8. The number of anilines is 1. The van der Waals surface area contributed by atoms with Gasteiger partial charge in [0.2, 0.25) is 0 Å². The number of ether oxygens (including phenoxy) is 1. The molecule has 0 unspecified atom stereocenters. The van der Waals surface area contributed by atoms with E-state index < -0.39 is 0 Å². The van der Waals surface area contributed by atoms with Gasteiger partial charge in [0.1, 0.15) is 11.4 Å². The van der Waals surface area contributed by atoms with Gasteiger partial charge in [-0.15, -0.1) is 0 Å². The van der Waals surface area contributed by atoms with Crippen molar-refractivity contribution in [3.05, 3.63) is 24.0 Å². The van der Waals surface area contributed by atoms with Crippen molar-refractivity contribution in [2.45, 2.75) is 19.8 Å². The van der Waals surface area contributed by atoms with Crippen LogP contribution in [-0.2, 0) is 4.74 Å². The summed E-state index contributed by atoms with van der Waals surface area (Å²) in [7, 11) is 0. The Bertz CT molecular complexity index is 604. The zero-order valence-corrected chi connectivity index (χ0v) is 10.8. The average Bonchev–Trinajstić information content (AvgIpc) is 3.16. The molecule has 1 saturated carbocycles. The number of esters is 1. The summed E-state index contributed by atoms with van der Waals surface area (Å²) < 4.78 is 6.66. The van der Waals surface area contributed by atoms with Gasteiger partial charge in [-0.25, -0.2) is 9.78 Å². The summed E-state index contributed by atoms with van der Waals surface area (Å²) in [5, 5.41) is 7.54. The van der Waals surface area contributed by atoms with Gasteiger partial charge < -0.3 is 10.1 Å². The standard InChI is InChI=1S/C13H16N4O2/c1-2-19-13(18)10-5-6-16-17-11(8-15-12(10)17)14-7-9-3-4-9/h5-6,8-9,14H,2-4,7H2,1H3. The predicted octanol–water partition coefficient (Wildman–Crippen LogP) is 1.73. The van der Waals surface area contributed by atoms with Crippen molar-refractivity contribution >= 4 is 17.4 Å². The van der Waals surface area contributed by atoms with Crippen LogP contribution >= 0.6 is 0 Å². The molecule has 100 valence electrons. The lowest BCUT2D eigenvalue weighted by atomic mass is 10.3. The van der Waals surface area contributed by atoms with Crippen molar-refractivity contribution in [3.8, 4) is 0 Å². The molecule has 0 bridgehead atoms. The van der Waals surface area contributed by atoms with E-state index in [-0.39, 0.29) is 5.97 Å². The Balaban J connectivity index is 1.90. The summed E-state index contributed by atoms with van der Waals surface area (Å²) >= 11 is 0. The van der Waals surface area contributed by atoms with Crippen molar-refractivity contribution < 1.29 is 9.53 Å². The maximum absolute atomic E-state index is 11.8. The number of carbonyl (C=O) groups is 1. The van der Waals surface area contributed by atoms with E-state index >= 15 is 0 Å². The van der Waals surface area contributed by atoms with Gasteiger partial charge in [0, 0.05) is 12.7 Å². The lowest BCUT2D eigenvalue weighted by molar-refractivity contribution is 0.0528. The van der Waals surface area contributed by atoms with Crippen molar-refractivity contribution in [1.29, 1.82) is 0 Å². The van der Waals surface area contributed by atoms with E-state index in [4.69, 9.17) is 4.74 Å². The van der Waals surface area contributed by atoms with E-state index in [0.717, 1.165) is 18.3 Å². The van der Waals surface area contributed by atoms with E-state index in [1.165, 1.54) is 12.8 Å². The predicted molar refractivity (Wildman–Crippen MR) is 70.2 cm³/mol. The molecule has 0 spiro atoms. The van der Waals surface area contributed by atoms with Crippen LogP contribution in [0.2, 0.25) is 0 Å². The largest absolute Gasteiger partial charge is 0.462 e. The molecule has 1 fully saturated rings. The highest BCUT2D eigenvalue weighted by Crippen LogP contribution is 2.29. The van der Waals surface area contributed by atoms with Crippen molar-refractivity contribution in [2.24, 2.45) is 5.92 Å². The van der Waals surface area contributed by atoms with Gasteiger partial charge >= 0.3 is 5.97 Å². The summed E-state index contributed by atoms with van der Waals surface area (Å²) in [6, 6.07) is 1.63. The Kier molecular flexibility index (Phi) is 3.06. The van der Waals surface area contributed by atoms with Gasteiger partial charge in [-0.1, -0.05) is 0 Å². The molecule has 0 saturated heterocycles. The monoisotopic (exact) mass is 260 g/mol. The van der Waals surface area contributed by atoms with Crippen LogP contribution in [0.4, 0.5) is 5.82 Å². The Morgan fingerprint density at radius 3 is 3.16 bits per heavy atom. The van der Waals surface area contributed by atoms with Crippen LogP contribution < -0.4 is 5.32 Å². The van der Waals surface area contributed by atoms with Crippen LogP contribution in [0.5, 0.6) is 0 Å². The first kappa shape index (κ1) is 12.0. The highest BCUT2D eigenvalue weighted by molar-refractivity contribution is 5.95. The molecule has 6 heteroatoms. The number of carbonyl (C=O) groups excluding carboxylic acids is 1. The molecular weight excluding hydrogens is 244 g/mol. The van der Waals surface area contributed by atoms with Gasteiger partial charge in [0.05, 0.1) is 12.8 Å². The maximum Gasteiger partial charge on any atom is 0.342 e. The van der Waals surface area contributed by atoms with Crippen molar-refractivity contribution in [1.82, 2.24) is 14.6 Å². The molecule has 0 atom stereocenters. The van der Waals surface area contributed by atoms with Gasteiger partial charge in [0.25, 0.3) is 0 Å². The highest BCUT2D eigenvalue weighted by Gasteiger charge is 2.22. The second kappa shape index (κ2) is 4.87. The third-order valence-corrected chi connectivity index (χ3v) is 3.17. The first-order valence-corrected chi connectivity index (χ1v) is 6.53. The number of rotatable bonds is 5. The zero-order chi connectivity index (χ0) is 13.2. The first-order chi connectivity index (χ1) is 9.29. The minimum Gasteiger partial charge on any atom is -0.462 e. The fourth-order valence-electron chi connectivity index (χ4n) is 1.95. The second-order valence-corrected chi connectivity index (χ2v) is 4.67. The van der Waals surface area contributed by atoms with Crippen LogP contribution in [0, 0.1) is 5.92 Å². The molecule has 0 amide bonds. The summed E-state index contributed by atoms with van der Waals surface area (Å²) in [5.74, 6) is 1.21. The number of nitrogens with one attached hydrogen (secondary N) is 1. The number of fused-ring (bicyclic) bond motifs is 1. The van der Waals surface area contributed by atoms with E-state index in [1.807, 2.05) is 0 Å². The summed E-state index contributed by atoms with van der Waals surface area (Å²) in [6.45, 7) is 3.06. The first-order valence-electron chi connectivity index (χ1n) is 6.53. The molecule has 1 aliphatic rings. The molecule has 0 aliphatic heterocycles. The lowest BCUT2D eigenvalue weighted by Gasteiger charge is -2.05. The Morgan fingerprint density at radius 1 is 1.58 bits per heavy atom. The summed E-state index contributed by atoms with van der Waals surface area (Å²) in [5.41, 5.74) is 0.968. The van der Waals surface area contributed by atoms with E-state index in [0.29, 0.717) is 17.8 Å². The Morgan fingerprint density at radius 2 is 2.42 bits per heavy atom. The molecule has 0 aromatic carbocycles. The quantitative estimate of drug-likeness (QED) is 0.829. The van der Waals surface area contributed by atoms with Crippen LogP contribution in [0.3, 0.4) is 0 Å². The third-order valence-electron chi connectivity index (χ3n) is 3.17. The molecule has 3 rings (SSSR count). The number of hydrogen-bond donors (Lipinski definition) is 1. The van der Waals surface area contributed by atoms with Crippen molar-refractivity contribution in [3.63, 3.8) is 0 Å². The number of imidazole rings is 1. The normalized spacial score (nSPS) is 14.6. The minimum atomic E-state index is -0.366. The molecule has 1 aliphatic carbocycles. The number of aromatic nitrogens is 3. The fraction of sp³-hybridized carbons (Fsp3) is 0.462. The van der Waals surface area contributed by atoms with E-state index in [9.17, 15) is 4.79 Å². The number of nitrogens with zero attached hydrogens (tertiary/aromatic N) is 3. The Labute approximate surface area is 110 Å². The molecule has 19 heavy (non-hydrogen) atoms. The number of hydrogen-bond acceptors (Lipinski definition) is 5. The molecule has 6 nitrogen and oxygen atoms in total. The molecule has 2 aromatic rings. The molecule has 1 N–H and O–H groups in total. The van der Waals surface area contributed by atoms with Crippen LogP contribution in [-0.4, -0.2) is 33.7 Å². The lowest BCUT2D eigenvalue weighted by Crippen LogP contribution is -2.10. The van der Waals surface area contributed by atoms with Crippen LogP contribution in [0.25, 0.3) is 5.65 Å². The fourth-order valence-corrected chi connectivity index (χ4v) is 1.95. The molecule has 0 radical (unpaired) electrons. The maximum atomic E-state index is 11.8. The second-order valence-electron chi connectivity index (χ2n) is 4.67. The van der Waals surface area contributed by atoms with Gasteiger partial charge in [0.15, 0.2) is 5.65 Å². The minimum absolute atomic E-state index is 0.348. The highest BCUT2D eigenvalue weighted by atomic mass is 16.5. The average molecular weight is 260 g/mol. The summed E-state index contributed by atoms with van der Waals surface area (Å²) in [6.07, 6.45) is 5.85. The topological polar surface area (TPSA) is 68.5 Å². The smallest absolute Gasteiger partial charge is 0.342 e. The van der Waals surface area contributed by atoms with Crippen molar-refractivity contribution in [2.75, 3.05) is 18.5 Å². The molecule has 2 heterocycles. The van der Waals surface area contributed by atoms with Gasteiger partial charge in [-0.2, -0.15) is 9.61 Å². The van der Waals surface area contributed by atoms with E-state index in [1.54, 1.807) is 29.9 Å². The molecule has 2 aromatic heterocycles. The third kappa shape index (κ3) is 2.38.